The Morgan fingerprint density at radius 1 is 1.30 bits per heavy atom. The summed E-state index contributed by atoms with van der Waals surface area (Å²) in [6.07, 6.45) is 4.46. The number of nitrogens with two attached hydrogens (primary N) is 1. The number of halogens is 1. The highest BCUT2D eigenvalue weighted by Gasteiger charge is 2.38. The quantitative estimate of drug-likeness (QED) is 0.919. The number of hydrogen-bond acceptors (Lipinski definition) is 2. The lowest BCUT2D eigenvalue weighted by molar-refractivity contribution is -0.123. The molecule has 4 heteroatoms. The third-order valence-corrected chi connectivity index (χ3v) is 4.71. The molecule has 0 radical (unpaired) electrons. The van der Waals surface area contributed by atoms with Crippen molar-refractivity contribution in [3.05, 3.63) is 35.6 Å². The van der Waals surface area contributed by atoms with Gasteiger partial charge in [-0.05, 0) is 63.9 Å². The number of nitrogens with zero attached hydrogens (tertiary/aromatic N) is 1. The van der Waals surface area contributed by atoms with E-state index in [0.717, 1.165) is 37.7 Å². The van der Waals surface area contributed by atoms with Gasteiger partial charge in [-0.25, -0.2) is 4.39 Å². The van der Waals surface area contributed by atoms with Gasteiger partial charge in [-0.2, -0.15) is 0 Å². The Kier molecular flexibility index (Phi) is 4.43. The van der Waals surface area contributed by atoms with E-state index in [2.05, 4.69) is 19.0 Å². The molecular weight excluding hydrogens is 255 g/mol. The Hall–Kier alpha value is -1.42. The highest BCUT2D eigenvalue weighted by molar-refractivity contribution is 5.76. The molecule has 1 aromatic carbocycles. The first-order chi connectivity index (χ1) is 9.43. The summed E-state index contributed by atoms with van der Waals surface area (Å²) in [6, 6.07) is 6.71. The van der Waals surface area contributed by atoms with E-state index in [1.54, 1.807) is 0 Å². The van der Waals surface area contributed by atoms with E-state index in [9.17, 15) is 9.18 Å². The molecule has 3 nitrogen and oxygen atoms in total. The van der Waals surface area contributed by atoms with E-state index in [1.807, 2.05) is 12.1 Å². The highest BCUT2D eigenvalue weighted by atomic mass is 19.1. The smallest absolute Gasteiger partial charge is 0.220 e. The minimum atomic E-state index is -0.204. The minimum Gasteiger partial charge on any atom is -0.369 e. The van der Waals surface area contributed by atoms with E-state index >= 15 is 0 Å². The lowest BCUT2D eigenvalue weighted by Crippen LogP contribution is -2.49. The predicted molar refractivity (Wildman–Crippen MR) is 77.7 cm³/mol. The Morgan fingerprint density at radius 3 is 2.30 bits per heavy atom. The summed E-state index contributed by atoms with van der Waals surface area (Å²) in [6.45, 7) is 0. The van der Waals surface area contributed by atoms with Gasteiger partial charge in [0.05, 0.1) is 0 Å². The fourth-order valence-corrected chi connectivity index (χ4v) is 3.20. The van der Waals surface area contributed by atoms with Gasteiger partial charge in [-0.1, -0.05) is 12.1 Å². The molecule has 20 heavy (non-hydrogen) atoms. The molecule has 1 aromatic rings. The molecule has 1 fully saturated rings. The molecule has 1 amide bonds. The van der Waals surface area contributed by atoms with Crippen LogP contribution in [0.15, 0.2) is 24.3 Å². The fourth-order valence-electron chi connectivity index (χ4n) is 3.20. The average Bonchev–Trinajstić information content (AvgIpc) is 2.42. The molecule has 0 saturated heterocycles. The maximum absolute atomic E-state index is 13.0. The molecule has 0 unspecified atom stereocenters. The minimum absolute atomic E-state index is 0.0105. The SMILES string of the molecule is CN(C)C1(Cc2ccc(F)cc2)CCC(C(N)=O)CC1. The van der Waals surface area contributed by atoms with Crippen LogP contribution >= 0.6 is 0 Å². The van der Waals surface area contributed by atoms with Crippen LogP contribution in [0.3, 0.4) is 0 Å². The third kappa shape index (κ3) is 3.18. The first-order valence-corrected chi connectivity index (χ1v) is 7.14. The molecule has 0 aromatic heterocycles. The number of carbonyl (C=O) groups excluding carboxylic acids is 1. The van der Waals surface area contributed by atoms with Gasteiger partial charge >= 0.3 is 0 Å². The van der Waals surface area contributed by atoms with Gasteiger partial charge in [0, 0.05) is 11.5 Å². The summed E-state index contributed by atoms with van der Waals surface area (Å²) < 4.78 is 13.0. The van der Waals surface area contributed by atoms with Crippen LogP contribution in [0.5, 0.6) is 0 Å². The molecule has 0 aliphatic heterocycles. The molecule has 0 bridgehead atoms. The standard InChI is InChI=1S/C16H23FN2O/c1-19(2)16(9-7-13(8-10-16)15(18)20)11-12-3-5-14(17)6-4-12/h3-6,13H,7-11H2,1-2H3,(H2,18,20). The van der Waals surface area contributed by atoms with Crippen LogP contribution in [-0.2, 0) is 11.2 Å². The third-order valence-electron chi connectivity index (χ3n) is 4.71. The molecule has 0 atom stereocenters. The number of likely N-dealkylation sites (N-methyl/N-ethyl adjacent to an activating group) is 1. The van der Waals surface area contributed by atoms with Crippen LogP contribution in [0.1, 0.15) is 31.2 Å². The van der Waals surface area contributed by atoms with Crippen LogP contribution < -0.4 is 5.73 Å². The molecule has 110 valence electrons. The van der Waals surface area contributed by atoms with Gasteiger partial charge in [0.1, 0.15) is 5.82 Å². The normalized spacial score (nSPS) is 26.7. The van der Waals surface area contributed by atoms with Crippen molar-refractivity contribution in [1.29, 1.82) is 0 Å². The van der Waals surface area contributed by atoms with Gasteiger partial charge < -0.3 is 10.6 Å². The van der Waals surface area contributed by atoms with Gasteiger partial charge in [-0.3, -0.25) is 4.79 Å². The van der Waals surface area contributed by atoms with Crippen LogP contribution in [0.2, 0.25) is 0 Å². The molecule has 0 spiro atoms. The number of primary amides is 1. The van der Waals surface area contributed by atoms with Crippen LogP contribution in [0, 0.1) is 11.7 Å². The number of benzene rings is 1. The number of rotatable bonds is 4. The van der Waals surface area contributed by atoms with Gasteiger partial charge in [-0.15, -0.1) is 0 Å². The van der Waals surface area contributed by atoms with Crippen LogP contribution in [0.25, 0.3) is 0 Å². The van der Waals surface area contributed by atoms with Crippen LogP contribution in [-0.4, -0.2) is 30.4 Å². The van der Waals surface area contributed by atoms with Gasteiger partial charge in [0.25, 0.3) is 0 Å². The first kappa shape index (κ1) is 15.0. The zero-order chi connectivity index (χ0) is 14.8. The molecule has 2 rings (SSSR count). The van der Waals surface area contributed by atoms with Crippen molar-refractivity contribution < 1.29 is 9.18 Å². The van der Waals surface area contributed by atoms with E-state index < -0.39 is 0 Å². The van der Waals surface area contributed by atoms with Crippen molar-refractivity contribution in [2.75, 3.05) is 14.1 Å². The lowest BCUT2D eigenvalue weighted by Gasteiger charge is -2.45. The van der Waals surface area contributed by atoms with E-state index in [1.165, 1.54) is 12.1 Å². The van der Waals surface area contributed by atoms with E-state index in [0.29, 0.717) is 0 Å². The Morgan fingerprint density at radius 2 is 1.85 bits per heavy atom. The highest BCUT2D eigenvalue weighted by Crippen LogP contribution is 2.37. The summed E-state index contributed by atoms with van der Waals surface area (Å²) >= 11 is 0. The average molecular weight is 278 g/mol. The van der Waals surface area contributed by atoms with Gasteiger partial charge in [0.2, 0.25) is 5.91 Å². The first-order valence-electron chi connectivity index (χ1n) is 7.14. The van der Waals surface area contributed by atoms with E-state index in [4.69, 9.17) is 5.73 Å². The summed E-state index contributed by atoms with van der Waals surface area (Å²) in [7, 11) is 4.15. The predicted octanol–water partition coefficient (Wildman–Crippen LogP) is 2.34. The second kappa shape index (κ2) is 5.92. The second-order valence-electron chi connectivity index (χ2n) is 6.10. The van der Waals surface area contributed by atoms with Crippen molar-refractivity contribution in [3.8, 4) is 0 Å². The Balaban J connectivity index is 2.11. The van der Waals surface area contributed by atoms with E-state index in [-0.39, 0.29) is 23.2 Å². The maximum atomic E-state index is 13.0. The topological polar surface area (TPSA) is 46.3 Å². The molecule has 1 aliphatic carbocycles. The number of carbonyl (C=O) groups is 1. The van der Waals surface area contributed by atoms with Crippen molar-refractivity contribution in [1.82, 2.24) is 4.90 Å². The van der Waals surface area contributed by atoms with Crippen molar-refractivity contribution >= 4 is 5.91 Å². The molecule has 0 heterocycles. The van der Waals surface area contributed by atoms with Crippen molar-refractivity contribution in [2.24, 2.45) is 11.7 Å². The fraction of sp³-hybridized carbons (Fsp3) is 0.562. The molecule has 1 saturated carbocycles. The summed E-state index contributed by atoms with van der Waals surface area (Å²) in [5.74, 6) is -0.375. The second-order valence-corrected chi connectivity index (χ2v) is 6.10. The van der Waals surface area contributed by atoms with Crippen molar-refractivity contribution in [2.45, 2.75) is 37.6 Å². The molecule has 2 N–H and O–H groups in total. The molecule has 1 aliphatic rings. The molecular formula is C16H23FN2O. The van der Waals surface area contributed by atoms with Crippen molar-refractivity contribution in [3.63, 3.8) is 0 Å². The number of amides is 1. The zero-order valence-corrected chi connectivity index (χ0v) is 12.2. The summed E-state index contributed by atoms with van der Waals surface area (Å²) in [4.78, 5) is 13.5. The Bertz CT molecular complexity index is 462. The largest absolute Gasteiger partial charge is 0.369 e. The summed E-state index contributed by atoms with van der Waals surface area (Å²) in [5, 5.41) is 0. The summed E-state index contributed by atoms with van der Waals surface area (Å²) in [5.41, 5.74) is 6.59. The maximum Gasteiger partial charge on any atom is 0.220 e. The zero-order valence-electron chi connectivity index (χ0n) is 12.2. The number of hydrogen-bond donors (Lipinski definition) is 1. The van der Waals surface area contributed by atoms with Crippen LogP contribution in [0.4, 0.5) is 4.39 Å². The lowest BCUT2D eigenvalue weighted by atomic mass is 9.72. The monoisotopic (exact) mass is 278 g/mol. The Labute approximate surface area is 120 Å². The van der Waals surface area contributed by atoms with Gasteiger partial charge in [0.15, 0.2) is 0 Å².